The van der Waals surface area contributed by atoms with Gasteiger partial charge in [-0.2, -0.15) is 0 Å². The minimum absolute atomic E-state index is 0. The zero-order valence-electron chi connectivity index (χ0n) is 13.5. The van der Waals surface area contributed by atoms with Gasteiger partial charge in [-0.05, 0) is 51.5 Å². The summed E-state index contributed by atoms with van der Waals surface area (Å²) in [7, 11) is 0. The molecule has 0 aliphatic rings. The predicted octanol–water partition coefficient (Wildman–Crippen LogP) is 2.66. The molecule has 1 aromatic carbocycles. The Bertz CT molecular complexity index is 471. The minimum atomic E-state index is -0.0601. The Morgan fingerprint density at radius 2 is 1.73 bits per heavy atom. The molecule has 0 saturated carbocycles. The lowest BCUT2D eigenvalue weighted by atomic mass is 10.1. The molecule has 0 spiro atoms. The highest BCUT2D eigenvalue weighted by Crippen LogP contribution is 2.12. The Hall–Kier alpha value is -1.59. The van der Waals surface area contributed by atoms with Gasteiger partial charge in [-0.25, -0.2) is 0 Å². The predicted molar refractivity (Wildman–Crippen MR) is 92.5 cm³/mol. The van der Waals surface area contributed by atoms with E-state index in [1.807, 2.05) is 20.8 Å². The number of hydrogen-bond acceptors (Lipinski definition) is 3. The lowest BCUT2D eigenvalue weighted by Gasteiger charge is -2.18. The van der Waals surface area contributed by atoms with Crippen LogP contribution in [0.3, 0.4) is 0 Å². The second kappa shape index (κ2) is 10.2. The summed E-state index contributed by atoms with van der Waals surface area (Å²) in [6, 6.07) is 7.00. The lowest BCUT2D eigenvalue weighted by Crippen LogP contribution is -2.30. The van der Waals surface area contributed by atoms with Crippen molar-refractivity contribution in [2.24, 2.45) is 5.73 Å². The highest BCUT2D eigenvalue weighted by Gasteiger charge is 2.12. The molecule has 124 valence electrons. The fourth-order valence-electron chi connectivity index (χ4n) is 1.97. The summed E-state index contributed by atoms with van der Waals surface area (Å²) in [6.07, 6.45) is 1.06. The summed E-state index contributed by atoms with van der Waals surface area (Å²) < 4.78 is 0. The van der Waals surface area contributed by atoms with Gasteiger partial charge in [0.15, 0.2) is 0 Å². The SMILES string of the molecule is CCN(CC)C(=O)c1ccc(NC(=O)CCC(C)N)cc1.Cl. The van der Waals surface area contributed by atoms with E-state index in [1.165, 1.54) is 0 Å². The minimum Gasteiger partial charge on any atom is -0.339 e. The summed E-state index contributed by atoms with van der Waals surface area (Å²) in [5.41, 5.74) is 6.95. The highest BCUT2D eigenvalue weighted by atomic mass is 35.5. The van der Waals surface area contributed by atoms with Gasteiger partial charge in [0.05, 0.1) is 0 Å². The van der Waals surface area contributed by atoms with Gasteiger partial charge < -0.3 is 16.0 Å². The maximum absolute atomic E-state index is 12.1. The molecule has 2 amide bonds. The van der Waals surface area contributed by atoms with Crippen LogP contribution in [0.15, 0.2) is 24.3 Å². The lowest BCUT2D eigenvalue weighted by molar-refractivity contribution is -0.116. The average molecular weight is 328 g/mol. The molecule has 1 atom stereocenters. The van der Waals surface area contributed by atoms with Crippen molar-refractivity contribution in [2.75, 3.05) is 18.4 Å². The van der Waals surface area contributed by atoms with Crippen molar-refractivity contribution in [3.8, 4) is 0 Å². The molecule has 1 unspecified atom stereocenters. The van der Waals surface area contributed by atoms with Crippen LogP contribution in [-0.4, -0.2) is 35.8 Å². The van der Waals surface area contributed by atoms with Crippen LogP contribution in [0.2, 0.25) is 0 Å². The third-order valence-corrected chi connectivity index (χ3v) is 3.29. The molecular weight excluding hydrogens is 302 g/mol. The Balaban J connectivity index is 0.00000441. The number of hydrogen-bond donors (Lipinski definition) is 2. The van der Waals surface area contributed by atoms with Crippen LogP contribution in [0.4, 0.5) is 5.69 Å². The monoisotopic (exact) mass is 327 g/mol. The van der Waals surface area contributed by atoms with Crippen molar-refractivity contribution in [1.82, 2.24) is 4.90 Å². The third kappa shape index (κ3) is 6.45. The van der Waals surface area contributed by atoms with Gasteiger partial charge in [-0.15, -0.1) is 12.4 Å². The van der Waals surface area contributed by atoms with Gasteiger partial charge in [0.2, 0.25) is 5.91 Å². The Morgan fingerprint density at radius 3 is 2.18 bits per heavy atom. The fraction of sp³-hybridized carbons (Fsp3) is 0.500. The molecule has 5 nitrogen and oxygen atoms in total. The number of carbonyl (C=O) groups is 2. The first-order valence-electron chi connectivity index (χ1n) is 7.42. The summed E-state index contributed by atoms with van der Waals surface area (Å²) in [5, 5.41) is 2.80. The first-order chi connectivity index (χ1) is 9.97. The highest BCUT2D eigenvalue weighted by molar-refractivity contribution is 5.95. The molecule has 0 aromatic heterocycles. The topological polar surface area (TPSA) is 75.4 Å². The zero-order valence-corrected chi connectivity index (χ0v) is 14.3. The van der Waals surface area contributed by atoms with Gasteiger partial charge in [-0.1, -0.05) is 0 Å². The zero-order chi connectivity index (χ0) is 15.8. The molecular formula is C16H26ClN3O2. The van der Waals surface area contributed by atoms with E-state index >= 15 is 0 Å². The summed E-state index contributed by atoms with van der Waals surface area (Å²) in [6.45, 7) is 7.15. The summed E-state index contributed by atoms with van der Waals surface area (Å²) in [4.78, 5) is 25.6. The first-order valence-corrected chi connectivity index (χ1v) is 7.42. The number of nitrogens with two attached hydrogens (primary N) is 1. The second-order valence-electron chi connectivity index (χ2n) is 5.12. The van der Waals surface area contributed by atoms with Crippen LogP contribution < -0.4 is 11.1 Å². The number of amides is 2. The normalized spacial score (nSPS) is 11.3. The van der Waals surface area contributed by atoms with Gasteiger partial charge in [-0.3, -0.25) is 9.59 Å². The molecule has 1 aromatic rings. The van der Waals surface area contributed by atoms with Crippen LogP contribution in [0.1, 0.15) is 44.0 Å². The molecule has 0 saturated heterocycles. The smallest absolute Gasteiger partial charge is 0.253 e. The molecule has 3 N–H and O–H groups in total. The van der Waals surface area contributed by atoms with Crippen molar-refractivity contribution in [1.29, 1.82) is 0 Å². The van der Waals surface area contributed by atoms with Crippen molar-refractivity contribution in [3.05, 3.63) is 29.8 Å². The molecule has 0 aliphatic carbocycles. The molecule has 0 heterocycles. The van der Waals surface area contributed by atoms with E-state index in [0.717, 1.165) is 0 Å². The summed E-state index contributed by atoms with van der Waals surface area (Å²) >= 11 is 0. The van der Waals surface area contributed by atoms with Crippen LogP contribution >= 0.6 is 12.4 Å². The number of benzene rings is 1. The van der Waals surface area contributed by atoms with Gasteiger partial charge in [0.25, 0.3) is 5.91 Å². The van der Waals surface area contributed by atoms with Crippen LogP contribution in [0.5, 0.6) is 0 Å². The van der Waals surface area contributed by atoms with Crippen molar-refractivity contribution in [3.63, 3.8) is 0 Å². The number of nitrogens with zero attached hydrogens (tertiary/aromatic N) is 1. The maximum atomic E-state index is 12.1. The number of carbonyl (C=O) groups excluding carboxylic acids is 2. The number of nitrogens with one attached hydrogen (secondary N) is 1. The molecule has 0 fully saturated rings. The Kier molecular flexibility index (Phi) is 9.45. The quantitative estimate of drug-likeness (QED) is 0.808. The molecule has 1 rings (SSSR count). The largest absolute Gasteiger partial charge is 0.339 e. The van der Waals surface area contributed by atoms with Crippen molar-refractivity contribution in [2.45, 2.75) is 39.7 Å². The van der Waals surface area contributed by atoms with Crippen LogP contribution in [0.25, 0.3) is 0 Å². The van der Waals surface area contributed by atoms with Crippen molar-refractivity contribution < 1.29 is 9.59 Å². The number of halogens is 1. The molecule has 6 heteroatoms. The van der Waals surface area contributed by atoms with Crippen molar-refractivity contribution >= 4 is 29.9 Å². The number of anilines is 1. The maximum Gasteiger partial charge on any atom is 0.253 e. The standard InChI is InChI=1S/C16H25N3O2.ClH/c1-4-19(5-2)16(21)13-7-9-14(10-8-13)18-15(20)11-6-12(3)17;/h7-10,12H,4-6,11,17H2,1-3H3,(H,18,20);1H. The second-order valence-corrected chi connectivity index (χ2v) is 5.12. The Morgan fingerprint density at radius 1 is 1.18 bits per heavy atom. The third-order valence-electron chi connectivity index (χ3n) is 3.29. The van der Waals surface area contributed by atoms with Crippen LogP contribution in [0, 0.1) is 0 Å². The molecule has 0 aliphatic heterocycles. The van der Waals surface area contributed by atoms with E-state index in [9.17, 15) is 9.59 Å². The number of rotatable bonds is 7. The average Bonchev–Trinajstić information content (AvgIpc) is 2.47. The van der Waals surface area contributed by atoms with E-state index in [1.54, 1.807) is 29.2 Å². The molecule has 22 heavy (non-hydrogen) atoms. The van der Waals surface area contributed by atoms with E-state index < -0.39 is 0 Å². The summed E-state index contributed by atoms with van der Waals surface area (Å²) in [5.74, 6) is -0.0510. The molecule has 0 bridgehead atoms. The van der Waals surface area contributed by atoms with Gasteiger partial charge in [0, 0.05) is 36.8 Å². The van der Waals surface area contributed by atoms with E-state index in [-0.39, 0.29) is 30.3 Å². The van der Waals surface area contributed by atoms with E-state index in [2.05, 4.69) is 5.32 Å². The van der Waals surface area contributed by atoms with Crippen LogP contribution in [-0.2, 0) is 4.79 Å². The molecule has 0 radical (unpaired) electrons. The van der Waals surface area contributed by atoms with Gasteiger partial charge >= 0.3 is 0 Å². The Labute approximate surface area is 138 Å². The van der Waals surface area contributed by atoms with E-state index in [0.29, 0.717) is 37.2 Å². The first kappa shape index (κ1) is 20.4. The van der Waals surface area contributed by atoms with Gasteiger partial charge in [0.1, 0.15) is 0 Å². The fourth-order valence-corrected chi connectivity index (χ4v) is 1.97. The van der Waals surface area contributed by atoms with E-state index in [4.69, 9.17) is 5.73 Å².